The van der Waals surface area contributed by atoms with Gasteiger partial charge in [0.2, 0.25) is 5.69 Å². The third kappa shape index (κ3) is 4.82. The van der Waals surface area contributed by atoms with Gasteiger partial charge in [-0.3, -0.25) is 9.97 Å². The molecule has 0 saturated heterocycles. The first-order valence-electron chi connectivity index (χ1n) is 22.4. The summed E-state index contributed by atoms with van der Waals surface area (Å²) in [6.45, 7) is 9.33. The van der Waals surface area contributed by atoms with Gasteiger partial charge < -0.3 is 9.13 Å². The topological polar surface area (TPSA) is 63.8 Å². The second-order valence-electron chi connectivity index (χ2n) is 17.4. The van der Waals surface area contributed by atoms with Crippen LogP contribution in [-0.4, -0.2) is 19.1 Å². The summed E-state index contributed by atoms with van der Waals surface area (Å²) in [4.78, 5) is 14.7. The SMILES string of the molecule is [C-]#[N+]c1c(-c2ccccc2)c(C#N)c(-n2c3cc4c(cc3c3ccc5c6ccccc6sc5c32)sc2ccccc24)c(-c2ccccc2)c1-n1c2ccnc3c4ccccc4c4nccc1c4c32. The molecule has 9 aromatic carbocycles. The minimum absolute atomic E-state index is 0.390. The average Bonchev–Trinajstić information content (AvgIpc) is 4.15. The maximum atomic E-state index is 12.1. The van der Waals surface area contributed by atoms with Crippen molar-refractivity contribution in [3.63, 3.8) is 0 Å². The summed E-state index contributed by atoms with van der Waals surface area (Å²) < 4.78 is 9.43. The highest BCUT2D eigenvalue weighted by Gasteiger charge is 2.33. The lowest BCUT2D eigenvalue weighted by Gasteiger charge is -2.25. The molecular weight excluding hydrogens is 869 g/mol. The maximum Gasteiger partial charge on any atom is 0.220 e. The lowest BCUT2D eigenvalue weighted by atomic mass is 9.88. The summed E-state index contributed by atoms with van der Waals surface area (Å²) in [6.07, 6.45) is 3.76. The summed E-state index contributed by atoms with van der Waals surface area (Å²) in [5.41, 5.74) is 10.9. The summed E-state index contributed by atoms with van der Waals surface area (Å²) in [5, 5.41) is 23.0. The molecule has 0 unspecified atom stereocenters. The first-order chi connectivity index (χ1) is 33.7. The van der Waals surface area contributed by atoms with Crippen molar-refractivity contribution in [1.29, 1.82) is 5.26 Å². The number of nitriles is 1. The molecule has 0 bridgehead atoms. The number of aromatic nitrogens is 4. The van der Waals surface area contributed by atoms with Crippen LogP contribution in [0.4, 0.5) is 5.69 Å². The number of benzene rings is 9. The minimum atomic E-state index is 0.390. The maximum absolute atomic E-state index is 12.1. The van der Waals surface area contributed by atoms with Crippen LogP contribution in [0.3, 0.4) is 0 Å². The van der Waals surface area contributed by atoms with Crippen molar-refractivity contribution < 1.29 is 0 Å². The first-order valence-corrected chi connectivity index (χ1v) is 24.0. The summed E-state index contributed by atoms with van der Waals surface area (Å²) in [5.74, 6) is 0. The van der Waals surface area contributed by atoms with E-state index in [1.165, 1.54) is 24.9 Å². The van der Waals surface area contributed by atoms with Crippen molar-refractivity contribution in [3.8, 4) is 39.7 Å². The van der Waals surface area contributed by atoms with E-state index in [1.54, 1.807) is 11.3 Å². The Bertz CT molecular complexity index is 4670. The van der Waals surface area contributed by atoms with E-state index in [0.29, 0.717) is 22.5 Å². The fourth-order valence-corrected chi connectivity index (χ4v) is 13.7. The summed E-state index contributed by atoms with van der Waals surface area (Å²) in [7, 11) is 0. The third-order valence-electron chi connectivity index (χ3n) is 14.0. The zero-order valence-corrected chi connectivity index (χ0v) is 37.5. The fourth-order valence-electron chi connectivity index (χ4n) is 11.3. The Balaban J connectivity index is 1.25. The number of thiophene rings is 2. The molecule has 68 heavy (non-hydrogen) atoms. The normalized spacial score (nSPS) is 12.1. The Morgan fingerprint density at radius 3 is 1.66 bits per heavy atom. The van der Waals surface area contributed by atoms with Gasteiger partial charge in [0.05, 0.1) is 61.3 Å². The Kier molecular flexibility index (Phi) is 7.58. The van der Waals surface area contributed by atoms with Gasteiger partial charge in [0.25, 0.3) is 0 Å². The molecule has 8 heteroatoms. The van der Waals surface area contributed by atoms with E-state index in [0.717, 1.165) is 103 Å². The fraction of sp³-hybridized carbons (Fsp3) is 0. The molecule has 0 amide bonds. The van der Waals surface area contributed by atoms with Crippen molar-refractivity contribution in [3.05, 3.63) is 199 Å². The Hall–Kier alpha value is -8.92. The van der Waals surface area contributed by atoms with Gasteiger partial charge in [-0.25, -0.2) is 4.85 Å². The van der Waals surface area contributed by atoms with Crippen LogP contribution >= 0.6 is 22.7 Å². The minimum Gasteiger partial charge on any atom is -0.318 e. The van der Waals surface area contributed by atoms with Crippen LogP contribution < -0.4 is 0 Å². The number of fused-ring (bicyclic) bond motifs is 13. The Morgan fingerprint density at radius 2 is 1.03 bits per heavy atom. The predicted molar refractivity (Wildman–Crippen MR) is 285 cm³/mol. The highest BCUT2D eigenvalue weighted by atomic mass is 32.1. The predicted octanol–water partition coefficient (Wildman–Crippen LogP) is 16.9. The van der Waals surface area contributed by atoms with Crippen molar-refractivity contribution >= 4 is 134 Å². The number of hydrogen-bond acceptors (Lipinski definition) is 5. The highest BCUT2D eigenvalue weighted by molar-refractivity contribution is 7.27. The van der Waals surface area contributed by atoms with E-state index in [-0.39, 0.29) is 0 Å². The smallest absolute Gasteiger partial charge is 0.220 e. The lowest BCUT2D eigenvalue weighted by molar-refractivity contribution is 1.14. The lowest BCUT2D eigenvalue weighted by Crippen LogP contribution is -2.09. The summed E-state index contributed by atoms with van der Waals surface area (Å²) >= 11 is 3.60. The van der Waals surface area contributed by atoms with Gasteiger partial charge >= 0.3 is 0 Å². The molecule has 0 atom stereocenters. The molecule has 312 valence electrons. The van der Waals surface area contributed by atoms with Crippen molar-refractivity contribution in [1.82, 2.24) is 19.1 Å². The number of hydrogen-bond donors (Lipinski definition) is 0. The van der Waals surface area contributed by atoms with E-state index < -0.39 is 0 Å². The Labute approximate surface area is 395 Å². The highest BCUT2D eigenvalue weighted by Crippen LogP contribution is 2.54. The van der Waals surface area contributed by atoms with Crippen molar-refractivity contribution in [2.45, 2.75) is 0 Å². The monoisotopic (exact) mass is 898 g/mol. The van der Waals surface area contributed by atoms with Crippen LogP contribution in [0.25, 0.3) is 144 Å². The van der Waals surface area contributed by atoms with E-state index in [1.807, 2.05) is 60.1 Å². The van der Waals surface area contributed by atoms with Crippen LogP contribution in [0.1, 0.15) is 5.56 Å². The third-order valence-corrected chi connectivity index (χ3v) is 16.3. The van der Waals surface area contributed by atoms with Gasteiger partial charge in [-0.1, -0.05) is 133 Å². The van der Waals surface area contributed by atoms with E-state index in [9.17, 15) is 11.8 Å². The molecule has 15 rings (SSSR count). The zero-order valence-electron chi connectivity index (χ0n) is 35.8. The zero-order chi connectivity index (χ0) is 44.8. The second-order valence-corrected chi connectivity index (χ2v) is 19.5. The molecule has 0 spiro atoms. The van der Waals surface area contributed by atoms with Crippen LogP contribution in [0.5, 0.6) is 0 Å². The molecule has 6 aromatic heterocycles. The molecule has 0 radical (unpaired) electrons. The molecular formula is C60H30N6S2. The number of pyridine rings is 2. The van der Waals surface area contributed by atoms with Gasteiger partial charge in [0.1, 0.15) is 6.07 Å². The standard InChI is InChI=1S/C60H30N6S2/c1-62-56-50(33-14-4-2-5-15-33)43(32-61)57(51(34-16-6-3-7-17-34)59(56)65-44-26-28-63-54-37-20-8-9-21-38(37)55-53(52(44)54)45(65)27-29-64-55)66-46-30-42-36-19-11-12-22-47(36)67-49(42)31-41(46)39-24-25-40-35-18-10-13-23-48(35)68-60(40)58(39)66/h2-31H. The Morgan fingerprint density at radius 1 is 0.471 bits per heavy atom. The van der Waals surface area contributed by atoms with Gasteiger partial charge in [0.15, 0.2) is 0 Å². The molecule has 0 aliphatic rings. The van der Waals surface area contributed by atoms with Crippen LogP contribution in [-0.2, 0) is 0 Å². The van der Waals surface area contributed by atoms with Gasteiger partial charge in [-0.2, -0.15) is 5.26 Å². The molecule has 6 heterocycles. The average molecular weight is 899 g/mol. The van der Waals surface area contributed by atoms with E-state index >= 15 is 0 Å². The van der Waals surface area contributed by atoms with Crippen molar-refractivity contribution in [2.75, 3.05) is 0 Å². The molecule has 0 fully saturated rings. The molecule has 0 saturated carbocycles. The molecule has 0 aliphatic heterocycles. The van der Waals surface area contributed by atoms with Gasteiger partial charge in [-0.15, -0.1) is 22.7 Å². The number of nitrogens with zero attached hydrogens (tertiary/aromatic N) is 6. The quantitative estimate of drug-likeness (QED) is 0.131. The van der Waals surface area contributed by atoms with Crippen molar-refractivity contribution in [2.24, 2.45) is 0 Å². The number of rotatable bonds is 4. The molecule has 0 aliphatic carbocycles. The second kappa shape index (κ2) is 13.8. The van der Waals surface area contributed by atoms with Gasteiger partial charge in [0, 0.05) is 91.5 Å². The summed E-state index contributed by atoms with van der Waals surface area (Å²) in [6, 6.07) is 62.2. The van der Waals surface area contributed by atoms with Crippen LogP contribution in [0, 0.1) is 17.9 Å². The molecule has 15 aromatic rings. The largest absolute Gasteiger partial charge is 0.318 e. The van der Waals surface area contributed by atoms with E-state index in [2.05, 4.69) is 154 Å². The van der Waals surface area contributed by atoms with E-state index in [4.69, 9.17) is 9.97 Å². The van der Waals surface area contributed by atoms with Crippen LogP contribution in [0.15, 0.2) is 182 Å². The molecule has 6 nitrogen and oxygen atoms in total. The molecule has 0 N–H and O–H groups in total. The van der Waals surface area contributed by atoms with Crippen LogP contribution in [0.2, 0.25) is 0 Å². The first kappa shape index (κ1) is 37.3. The van der Waals surface area contributed by atoms with Gasteiger partial charge in [-0.05, 0) is 47.5 Å².